The number of halogens is 1. The summed E-state index contributed by atoms with van der Waals surface area (Å²) < 4.78 is 13.1. The highest BCUT2D eigenvalue weighted by Crippen LogP contribution is 2.21. The van der Waals surface area contributed by atoms with Crippen molar-refractivity contribution in [2.24, 2.45) is 0 Å². The number of hydrogen-bond acceptors (Lipinski definition) is 2. The second kappa shape index (κ2) is 6.23. The molecule has 0 aromatic heterocycles. The summed E-state index contributed by atoms with van der Waals surface area (Å²) in [6.07, 6.45) is 1.95. The summed E-state index contributed by atoms with van der Waals surface area (Å²) >= 11 is 0. The van der Waals surface area contributed by atoms with Crippen LogP contribution in [0.4, 0.5) is 10.1 Å². The third kappa shape index (κ3) is 4.06. The van der Waals surface area contributed by atoms with Gasteiger partial charge in [-0.2, -0.15) is 0 Å². The Bertz CT molecular complexity index is 393. The van der Waals surface area contributed by atoms with E-state index in [9.17, 15) is 9.18 Å². The molecular formula is C13H18FNO2. The van der Waals surface area contributed by atoms with E-state index in [1.54, 1.807) is 6.07 Å². The first-order valence-corrected chi connectivity index (χ1v) is 5.76. The molecule has 1 N–H and O–H groups in total. The highest BCUT2D eigenvalue weighted by atomic mass is 19.1. The van der Waals surface area contributed by atoms with Crippen molar-refractivity contribution < 1.29 is 14.3 Å². The molecule has 94 valence electrons. The molecule has 0 saturated heterocycles. The number of carboxylic acid groups (broad SMARTS) is 1. The maximum absolute atomic E-state index is 13.1. The van der Waals surface area contributed by atoms with E-state index >= 15 is 0 Å². The third-order valence-electron chi connectivity index (χ3n) is 2.64. The topological polar surface area (TPSA) is 40.5 Å². The van der Waals surface area contributed by atoms with E-state index in [0.29, 0.717) is 5.56 Å². The first kappa shape index (κ1) is 13.5. The van der Waals surface area contributed by atoms with Crippen LogP contribution in [0.1, 0.15) is 25.3 Å². The Morgan fingerprint density at radius 3 is 2.76 bits per heavy atom. The zero-order chi connectivity index (χ0) is 12.8. The zero-order valence-electron chi connectivity index (χ0n) is 10.2. The molecule has 0 saturated carbocycles. The summed E-state index contributed by atoms with van der Waals surface area (Å²) in [6, 6.07) is 4.30. The largest absolute Gasteiger partial charge is 0.481 e. The quantitative estimate of drug-likeness (QED) is 0.829. The standard InChI is InChI=1S/C13H18FNO2/c1-3-4-7-15(2)12-6-5-11(14)8-10(12)9-13(16)17/h5-6,8H,3-4,7,9H2,1-2H3,(H,16,17). The average molecular weight is 239 g/mol. The first-order chi connectivity index (χ1) is 8.04. The van der Waals surface area contributed by atoms with Crippen LogP contribution in [0.15, 0.2) is 18.2 Å². The van der Waals surface area contributed by atoms with Crippen LogP contribution in [0, 0.1) is 5.82 Å². The summed E-state index contributed by atoms with van der Waals surface area (Å²) in [4.78, 5) is 12.7. The summed E-state index contributed by atoms with van der Waals surface area (Å²) in [7, 11) is 1.90. The van der Waals surface area contributed by atoms with Gasteiger partial charge in [-0.15, -0.1) is 0 Å². The van der Waals surface area contributed by atoms with Crippen molar-refractivity contribution in [3.8, 4) is 0 Å². The smallest absolute Gasteiger partial charge is 0.307 e. The Morgan fingerprint density at radius 2 is 2.18 bits per heavy atom. The van der Waals surface area contributed by atoms with Crippen LogP contribution in [0.5, 0.6) is 0 Å². The number of benzene rings is 1. The lowest BCUT2D eigenvalue weighted by Gasteiger charge is -2.21. The Labute approximate surface area is 101 Å². The lowest BCUT2D eigenvalue weighted by Crippen LogP contribution is -2.20. The summed E-state index contributed by atoms with van der Waals surface area (Å²) in [5, 5.41) is 8.80. The van der Waals surface area contributed by atoms with Gasteiger partial charge in [0, 0.05) is 19.3 Å². The first-order valence-electron chi connectivity index (χ1n) is 5.76. The minimum absolute atomic E-state index is 0.149. The predicted octanol–water partition coefficient (Wildman–Crippen LogP) is 2.69. The van der Waals surface area contributed by atoms with Crippen LogP contribution in [0.25, 0.3) is 0 Å². The average Bonchev–Trinajstić information content (AvgIpc) is 2.25. The normalized spacial score (nSPS) is 10.3. The second-order valence-corrected chi connectivity index (χ2v) is 4.12. The van der Waals surface area contributed by atoms with E-state index < -0.39 is 11.8 Å². The number of hydrogen-bond donors (Lipinski definition) is 1. The van der Waals surface area contributed by atoms with Crippen molar-refractivity contribution in [2.45, 2.75) is 26.2 Å². The number of rotatable bonds is 6. The minimum atomic E-state index is -0.944. The van der Waals surface area contributed by atoms with Crippen molar-refractivity contribution in [3.05, 3.63) is 29.6 Å². The summed E-state index contributed by atoms with van der Waals surface area (Å²) in [5.41, 5.74) is 1.32. The van der Waals surface area contributed by atoms with Gasteiger partial charge in [-0.3, -0.25) is 4.79 Å². The number of unbranched alkanes of at least 4 members (excludes halogenated alkanes) is 1. The van der Waals surface area contributed by atoms with Crippen molar-refractivity contribution >= 4 is 11.7 Å². The van der Waals surface area contributed by atoms with Gasteiger partial charge in [-0.05, 0) is 30.2 Å². The van der Waals surface area contributed by atoms with E-state index in [2.05, 4.69) is 6.92 Å². The highest BCUT2D eigenvalue weighted by molar-refractivity contribution is 5.73. The number of carbonyl (C=O) groups is 1. The fraction of sp³-hybridized carbons (Fsp3) is 0.462. The summed E-state index contributed by atoms with van der Waals surface area (Å²) in [5.74, 6) is -1.34. The number of carboxylic acids is 1. The SMILES string of the molecule is CCCCN(C)c1ccc(F)cc1CC(=O)O. The van der Waals surface area contributed by atoms with E-state index in [0.717, 1.165) is 25.1 Å². The van der Waals surface area contributed by atoms with Gasteiger partial charge >= 0.3 is 5.97 Å². The van der Waals surface area contributed by atoms with Gasteiger partial charge < -0.3 is 10.0 Å². The van der Waals surface area contributed by atoms with Crippen LogP contribution in [0.3, 0.4) is 0 Å². The molecule has 0 fully saturated rings. The molecule has 0 aliphatic rings. The predicted molar refractivity (Wildman–Crippen MR) is 65.9 cm³/mol. The van der Waals surface area contributed by atoms with Crippen molar-refractivity contribution in [1.82, 2.24) is 0 Å². The lowest BCUT2D eigenvalue weighted by molar-refractivity contribution is -0.136. The monoisotopic (exact) mass is 239 g/mol. The van der Waals surface area contributed by atoms with E-state index in [-0.39, 0.29) is 6.42 Å². The fourth-order valence-electron chi connectivity index (χ4n) is 1.75. The van der Waals surface area contributed by atoms with Crippen LogP contribution in [0.2, 0.25) is 0 Å². The molecule has 0 atom stereocenters. The van der Waals surface area contributed by atoms with E-state index in [1.807, 2.05) is 11.9 Å². The fourth-order valence-corrected chi connectivity index (χ4v) is 1.75. The number of nitrogens with zero attached hydrogens (tertiary/aromatic N) is 1. The van der Waals surface area contributed by atoms with Crippen molar-refractivity contribution in [2.75, 3.05) is 18.5 Å². The van der Waals surface area contributed by atoms with Gasteiger partial charge in [0.2, 0.25) is 0 Å². The Balaban J connectivity index is 2.92. The molecule has 17 heavy (non-hydrogen) atoms. The molecule has 0 radical (unpaired) electrons. The van der Waals surface area contributed by atoms with Crippen molar-refractivity contribution in [1.29, 1.82) is 0 Å². The highest BCUT2D eigenvalue weighted by Gasteiger charge is 2.11. The lowest BCUT2D eigenvalue weighted by atomic mass is 10.1. The number of aliphatic carboxylic acids is 1. The molecule has 1 rings (SSSR count). The zero-order valence-corrected chi connectivity index (χ0v) is 10.2. The maximum atomic E-state index is 13.1. The van der Waals surface area contributed by atoms with Gasteiger partial charge in [-0.25, -0.2) is 4.39 Å². The molecular weight excluding hydrogens is 221 g/mol. The van der Waals surface area contributed by atoms with Crippen LogP contribution >= 0.6 is 0 Å². The van der Waals surface area contributed by atoms with Crippen molar-refractivity contribution in [3.63, 3.8) is 0 Å². The molecule has 1 aromatic rings. The molecule has 0 aliphatic carbocycles. The molecule has 0 amide bonds. The molecule has 0 spiro atoms. The van der Waals surface area contributed by atoms with Crippen LogP contribution < -0.4 is 4.90 Å². The van der Waals surface area contributed by atoms with Gasteiger partial charge in [0.1, 0.15) is 5.82 Å². The third-order valence-corrected chi connectivity index (χ3v) is 2.64. The minimum Gasteiger partial charge on any atom is -0.481 e. The molecule has 0 bridgehead atoms. The van der Waals surface area contributed by atoms with Crippen LogP contribution in [-0.4, -0.2) is 24.7 Å². The summed E-state index contributed by atoms with van der Waals surface area (Å²) in [6.45, 7) is 2.94. The Hall–Kier alpha value is -1.58. The molecule has 0 heterocycles. The maximum Gasteiger partial charge on any atom is 0.307 e. The van der Waals surface area contributed by atoms with E-state index in [4.69, 9.17) is 5.11 Å². The molecule has 4 heteroatoms. The van der Waals surface area contributed by atoms with Gasteiger partial charge in [0.15, 0.2) is 0 Å². The Morgan fingerprint density at radius 1 is 1.47 bits per heavy atom. The van der Waals surface area contributed by atoms with Gasteiger partial charge in [0.25, 0.3) is 0 Å². The molecule has 3 nitrogen and oxygen atoms in total. The van der Waals surface area contributed by atoms with E-state index in [1.165, 1.54) is 12.1 Å². The second-order valence-electron chi connectivity index (χ2n) is 4.12. The number of anilines is 1. The van der Waals surface area contributed by atoms with Gasteiger partial charge in [0.05, 0.1) is 6.42 Å². The van der Waals surface area contributed by atoms with Gasteiger partial charge in [-0.1, -0.05) is 13.3 Å². The Kier molecular flexibility index (Phi) is 4.94. The molecule has 0 unspecified atom stereocenters. The molecule has 1 aromatic carbocycles. The van der Waals surface area contributed by atoms with Crippen LogP contribution in [-0.2, 0) is 11.2 Å². The molecule has 0 aliphatic heterocycles.